The van der Waals surface area contributed by atoms with Crippen molar-refractivity contribution in [1.82, 2.24) is 4.90 Å². The zero-order valence-corrected chi connectivity index (χ0v) is 22.9. The lowest BCUT2D eigenvalue weighted by Crippen LogP contribution is -2.30. The van der Waals surface area contributed by atoms with Crippen LogP contribution < -0.4 is 4.74 Å². The topological polar surface area (TPSA) is 38.8 Å². The van der Waals surface area contributed by atoms with Gasteiger partial charge >= 0.3 is 12.1 Å². The fourth-order valence-corrected chi connectivity index (χ4v) is 4.76. The maximum Gasteiger partial charge on any atom is 0.416 e. The Kier molecular flexibility index (Phi) is 10.4. The van der Waals surface area contributed by atoms with Gasteiger partial charge in [-0.05, 0) is 84.7 Å². The molecule has 212 valence electrons. The average Bonchev–Trinajstić information content (AvgIpc) is 2.97. The molecule has 0 saturated heterocycles. The number of carbonyl (C=O) groups excluding carboxylic acids is 1. The lowest BCUT2D eigenvalue weighted by atomic mass is 9.97. The normalized spacial score (nSPS) is 14.1. The molecule has 0 spiro atoms. The molecule has 0 saturated carbocycles. The summed E-state index contributed by atoms with van der Waals surface area (Å²) in [5.74, 6) is 0.649. The Hall–Kier alpha value is -3.58. The van der Waals surface area contributed by atoms with Crippen LogP contribution in [0.15, 0.2) is 78.9 Å². The Bertz CT molecular complexity index is 1270. The van der Waals surface area contributed by atoms with Crippen LogP contribution in [0.5, 0.6) is 5.75 Å². The van der Waals surface area contributed by atoms with E-state index in [1.54, 1.807) is 13.0 Å². The van der Waals surface area contributed by atoms with E-state index in [2.05, 4.69) is 35.2 Å². The molecule has 1 heterocycles. The molecule has 1 aliphatic heterocycles. The number of esters is 1. The molecule has 0 unspecified atom stereocenters. The molecule has 40 heavy (non-hydrogen) atoms. The van der Waals surface area contributed by atoms with Crippen molar-refractivity contribution in [1.29, 1.82) is 0 Å². The number of unbranched alkanes of at least 4 members (excludes halogenated alkanes) is 1. The van der Waals surface area contributed by atoms with Crippen molar-refractivity contribution in [2.75, 3.05) is 32.8 Å². The zero-order valence-electron chi connectivity index (χ0n) is 22.9. The number of nitrogens with zero attached hydrogens (tertiary/aromatic N) is 1. The molecule has 0 radical (unpaired) electrons. The molecule has 1 aliphatic rings. The molecular formula is C33H36F3NO3. The highest BCUT2D eigenvalue weighted by molar-refractivity contribution is 5.69. The van der Waals surface area contributed by atoms with Gasteiger partial charge in [0.15, 0.2) is 0 Å². The molecule has 0 aliphatic carbocycles. The van der Waals surface area contributed by atoms with Crippen molar-refractivity contribution in [3.05, 3.63) is 95.6 Å². The molecule has 0 N–H and O–H groups in total. The summed E-state index contributed by atoms with van der Waals surface area (Å²) in [4.78, 5) is 13.7. The van der Waals surface area contributed by atoms with Crippen LogP contribution in [0.2, 0.25) is 0 Å². The molecule has 4 rings (SSSR count). The number of hydrogen-bond acceptors (Lipinski definition) is 4. The largest absolute Gasteiger partial charge is 0.494 e. The van der Waals surface area contributed by atoms with Crippen LogP contribution in [0.25, 0.3) is 16.7 Å². The first-order valence-electron chi connectivity index (χ1n) is 13.9. The van der Waals surface area contributed by atoms with Crippen LogP contribution in [0.4, 0.5) is 13.2 Å². The molecule has 0 amide bonds. The molecule has 0 fully saturated rings. The molecule has 0 aromatic heterocycles. The van der Waals surface area contributed by atoms with Gasteiger partial charge in [-0.3, -0.25) is 9.69 Å². The molecular weight excluding hydrogens is 515 g/mol. The highest BCUT2D eigenvalue weighted by atomic mass is 19.4. The highest BCUT2D eigenvalue weighted by Crippen LogP contribution is 2.32. The summed E-state index contributed by atoms with van der Waals surface area (Å²) >= 11 is 0. The number of rotatable bonds is 12. The smallest absolute Gasteiger partial charge is 0.416 e. The number of alkyl halides is 3. The molecule has 0 atom stereocenters. The second-order valence-corrected chi connectivity index (χ2v) is 9.94. The van der Waals surface area contributed by atoms with Gasteiger partial charge in [0.25, 0.3) is 0 Å². The van der Waals surface area contributed by atoms with E-state index in [1.807, 2.05) is 24.3 Å². The lowest BCUT2D eigenvalue weighted by molar-refractivity contribution is -0.143. The molecule has 3 aromatic carbocycles. The summed E-state index contributed by atoms with van der Waals surface area (Å²) in [5.41, 5.74) is 4.55. The van der Waals surface area contributed by atoms with Crippen LogP contribution in [0, 0.1) is 0 Å². The van der Waals surface area contributed by atoms with Crippen LogP contribution in [-0.2, 0) is 22.1 Å². The van der Waals surface area contributed by atoms with Gasteiger partial charge in [0.1, 0.15) is 5.75 Å². The van der Waals surface area contributed by atoms with Gasteiger partial charge in [-0.15, -0.1) is 0 Å². The Morgan fingerprint density at radius 3 is 2.30 bits per heavy atom. The molecule has 7 heteroatoms. The van der Waals surface area contributed by atoms with Crippen molar-refractivity contribution in [3.8, 4) is 16.9 Å². The summed E-state index contributed by atoms with van der Waals surface area (Å²) < 4.78 is 49.9. The Morgan fingerprint density at radius 2 is 1.65 bits per heavy atom. The van der Waals surface area contributed by atoms with Gasteiger partial charge in [0, 0.05) is 26.1 Å². The van der Waals surface area contributed by atoms with E-state index >= 15 is 0 Å². The Morgan fingerprint density at radius 1 is 0.925 bits per heavy atom. The predicted molar refractivity (Wildman–Crippen MR) is 152 cm³/mol. The second-order valence-electron chi connectivity index (χ2n) is 9.94. The predicted octanol–water partition coefficient (Wildman–Crippen LogP) is 7.82. The van der Waals surface area contributed by atoms with E-state index in [9.17, 15) is 18.0 Å². The first kappa shape index (κ1) is 29.4. The van der Waals surface area contributed by atoms with Crippen molar-refractivity contribution < 1.29 is 27.4 Å². The van der Waals surface area contributed by atoms with E-state index in [4.69, 9.17) is 9.47 Å². The standard InChI is InChI=1S/C33H36F3NO3/c1-2-39-32(38)8-3-4-23-40-31-15-13-27(14-16-31)26-11-9-25(10-12-26)17-20-37-21-18-28(19-22-37)29-6-5-7-30(24-29)33(34,35)36/h5-7,9-16,18,24H,2-4,8,17,19-23H2,1H3. The summed E-state index contributed by atoms with van der Waals surface area (Å²) in [7, 11) is 0. The van der Waals surface area contributed by atoms with Crippen molar-refractivity contribution in [2.24, 2.45) is 0 Å². The van der Waals surface area contributed by atoms with Gasteiger partial charge in [-0.25, -0.2) is 0 Å². The number of hydrogen-bond donors (Lipinski definition) is 0. The van der Waals surface area contributed by atoms with Gasteiger partial charge in [0.2, 0.25) is 0 Å². The first-order valence-corrected chi connectivity index (χ1v) is 13.9. The quantitative estimate of drug-likeness (QED) is 0.170. The highest BCUT2D eigenvalue weighted by Gasteiger charge is 2.30. The average molecular weight is 552 g/mol. The first-order chi connectivity index (χ1) is 19.3. The van der Waals surface area contributed by atoms with Crippen LogP contribution in [0.1, 0.15) is 49.3 Å². The van der Waals surface area contributed by atoms with Gasteiger partial charge in [0.05, 0.1) is 18.8 Å². The lowest BCUT2D eigenvalue weighted by Gasteiger charge is -2.26. The second kappa shape index (κ2) is 14.2. The van der Waals surface area contributed by atoms with Crippen LogP contribution in [0.3, 0.4) is 0 Å². The van der Waals surface area contributed by atoms with Gasteiger partial charge in [-0.1, -0.05) is 54.6 Å². The monoisotopic (exact) mass is 551 g/mol. The maximum atomic E-state index is 13.1. The Labute approximate surface area is 234 Å². The van der Waals surface area contributed by atoms with Crippen molar-refractivity contribution in [3.63, 3.8) is 0 Å². The number of carbonyl (C=O) groups is 1. The SMILES string of the molecule is CCOC(=O)CCCCOc1ccc(-c2ccc(CCN3CC=C(c4cccc(C(F)(F)F)c4)CC3)cc2)cc1. The Balaban J connectivity index is 1.21. The van der Waals surface area contributed by atoms with Crippen LogP contribution >= 0.6 is 0 Å². The minimum absolute atomic E-state index is 0.160. The van der Waals surface area contributed by atoms with E-state index in [-0.39, 0.29) is 5.97 Å². The fraction of sp³-hybridized carbons (Fsp3) is 0.364. The maximum absolute atomic E-state index is 13.1. The number of benzene rings is 3. The third kappa shape index (κ3) is 8.71. The minimum atomic E-state index is -4.32. The van der Waals surface area contributed by atoms with Crippen molar-refractivity contribution in [2.45, 2.75) is 45.2 Å². The summed E-state index contributed by atoms with van der Waals surface area (Å²) in [6.45, 7) is 5.26. The number of halogens is 3. The third-order valence-electron chi connectivity index (χ3n) is 7.06. The third-order valence-corrected chi connectivity index (χ3v) is 7.06. The minimum Gasteiger partial charge on any atom is -0.494 e. The molecule has 0 bridgehead atoms. The van der Waals surface area contributed by atoms with E-state index in [0.29, 0.717) is 25.2 Å². The van der Waals surface area contributed by atoms with E-state index in [1.165, 1.54) is 17.7 Å². The fourth-order valence-electron chi connectivity index (χ4n) is 4.76. The van der Waals surface area contributed by atoms with Gasteiger partial charge < -0.3 is 9.47 Å². The summed E-state index contributed by atoms with van der Waals surface area (Å²) in [5, 5.41) is 0. The zero-order chi connectivity index (χ0) is 28.4. The number of ether oxygens (including phenoxy) is 2. The summed E-state index contributed by atoms with van der Waals surface area (Å²) in [6.07, 6.45) is 1.36. The van der Waals surface area contributed by atoms with E-state index < -0.39 is 11.7 Å². The summed E-state index contributed by atoms with van der Waals surface area (Å²) in [6, 6.07) is 22.2. The van der Waals surface area contributed by atoms with Gasteiger partial charge in [-0.2, -0.15) is 13.2 Å². The van der Waals surface area contributed by atoms with Crippen molar-refractivity contribution >= 4 is 11.5 Å². The van der Waals surface area contributed by atoms with E-state index in [0.717, 1.165) is 73.8 Å². The molecule has 4 nitrogen and oxygen atoms in total. The molecule has 3 aromatic rings. The van der Waals surface area contributed by atoms with Crippen LogP contribution in [-0.4, -0.2) is 43.7 Å².